The summed E-state index contributed by atoms with van der Waals surface area (Å²) >= 11 is 5.99. The van der Waals surface area contributed by atoms with E-state index in [4.69, 9.17) is 16.3 Å². The van der Waals surface area contributed by atoms with Crippen molar-refractivity contribution in [2.75, 3.05) is 19.1 Å². The third-order valence-corrected chi connectivity index (χ3v) is 3.79. The van der Waals surface area contributed by atoms with E-state index in [1.807, 2.05) is 12.1 Å². The molecule has 7 heteroatoms. The van der Waals surface area contributed by atoms with Gasteiger partial charge in [0.1, 0.15) is 5.69 Å². The van der Waals surface area contributed by atoms with Crippen molar-refractivity contribution in [2.45, 2.75) is 0 Å². The van der Waals surface area contributed by atoms with Crippen LogP contribution < -0.4 is 9.64 Å². The number of hydrogen-bond acceptors (Lipinski definition) is 4. The second-order valence-electron chi connectivity index (χ2n) is 5.10. The Morgan fingerprint density at radius 2 is 2.08 bits per heavy atom. The number of benzene rings is 1. The van der Waals surface area contributed by atoms with Crippen molar-refractivity contribution in [2.24, 2.45) is 0 Å². The average Bonchev–Trinajstić information content (AvgIpc) is 3.10. The summed E-state index contributed by atoms with van der Waals surface area (Å²) in [6.07, 6.45) is 1.57. The molecule has 0 bridgehead atoms. The van der Waals surface area contributed by atoms with Crippen LogP contribution in [-0.4, -0.2) is 35.2 Å². The van der Waals surface area contributed by atoms with E-state index in [1.54, 1.807) is 50.7 Å². The minimum atomic E-state index is -0.220. The summed E-state index contributed by atoms with van der Waals surface area (Å²) in [5.74, 6) is 0.270. The first-order valence-corrected chi connectivity index (χ1v) is 7.55. The van der Waals surface area contributed by atoms with Crippen molar-refractivity contribution >= 4 is 23.2 Å². The molecule has 122 valence electrons. The highest BCUT2D eigenvalue weighted by Crippen LogP contribution is 2.23. The van der Waals surface area contributed by atoms with Gasteiger partial charge < -0.3 is 9.64 Å². The van der Waals surface area contributed by atoms with Gasteiger partial charge in [0, 0.05) is 23.7 Å². The molecule has 3 rings (SSSR count). The molecule has 3 aromatic rings. The van der Waals surface area contributed by atoms with Gasteiger partial charge in [-0.2, -0.15) is 5.10 Å². The molecular weight excluding hydrogens is 328 g/mol. The van der Waals surface area contributed by atoms with Crippen LogP contribution in [0.4, 0.5) is 5.69 Å². The summed E-state index contributed by atoms with van der Waals surface area (Å²) in [5.41, 5.74) is 2.52. The molecule has 1 aromatic carbocycles. The lowest BCUT2D eigenvalue weighted by Gasteiger charge is -2.15. The first kappa shape index (κ1) is 16.0. The van der Waals surface area contributed by atoms with Gasteiger partial charge in [0.2, 0.25) is 5.88 Å². The second-order valence-corrected chi connectivity index (χ2v) is 5.54. The van der Waals surface area contributed by atoms with E-state index in [-0.39, 0.29) is 5.91 Å². The molecule has 0 saturated heterocycles. The number of nitrogens with one attached hydrogen (secondary N) is 1. The van der Waals surface area contributed by atoms with Crippen molar-refractivity contribution in [1.29, 1.82) is 0 Å². The van der Waals surface area contributed by atoms with E-state index in [0.29, 0.717) is 28.0 Å². The van der Waals surface area contributed by atoms with E-state index in [1.165, 1.54) is 4.90 Å². The molecule has 0 aliphatic rings. The van der Waals surface area contributed by atoms with Gasteiger partial charge in [-0.3, -0.25) is 9.89 Å². The van der Waals surface area contributed by atoms with Crippen LogP contribution >= 0.6 is 11.6 Å². The molecular formula is C17H15ClN4O2. The number of ether oxygens (including phenoxy) is 1. The number of methoxy groups -OCH3 is 1. The third-order valence-electron chi connectivity index (χ3n) is 3.55. The Bertz CT molecular complexity index is 861. The van der Waals surface area contributed by atoms with E-state index < -0.39 is 0 Å². The lowest BCUT2D eigenvalue weighted by atomic mass is 10.1. The van der Waals surface area contributed by atoms with Crippen LogP contribution in [0.1, 0.15) is 10.5 Å². The summed E-state index contributed by atoms with van der Waals surface area (Å²) in [6, 6.07) is 12.5. The van der Waals surface area contributed by atoms with E-state index in [2.05, 4.69) is 15.2 Å². The van der Waals surface area contributed by atoms with Crippen LogP contribution in [-0.2, 0) is 0 Å². The smallest absolute Gasteiger partial charge is 0.276 e. The number of pyridine rings is 1. The third kappa shape index (κ3) is 3.23. The van der Waals surface area contributed by atoms with Gasteiger partial charge in [-0.05, 0) is 24.3 Å². The van der Waals surface area contributed by atoms with Crippen molar-refractivity contribution in [1.82, 2.24) is 15.2 Å². The van der Waals surface area contributed by atoms with Crippen molar-refractivity contribution in [3.63, 3.8) is 0 Å². The number of H-pyrrole nitrogens is 1. The zero-order valence-electron chi connectivity index (χ0n) is 13.2. The van der Waals surface area contributed by atoms with Gasteiger partial charge in [-0.1, -0.05) is 23.7 Å². The predicted octanol–water partition coefficient (Wildman–Crippen LogP) is 3.41. The maximum Gasteiger partial charge on any atom is 0.276 e. The molecule has 0 fully saturated rings. The Balaban J connectivity index is 1.82. The number of carbonyl (C=O) groups is 1. The zero-order chi connectivity index (χ0) is 17.1. The highest BCUT2D eigenvalue weighted by molar-refractivity contribution is 6.30. The molecule has 2 heterocycles. The fourth-order valence-corrected chi connectivity index (χ4v) is 2.41. The average molecular weight is 343 g/mol. The Hall–Kier alpha value is -2.86. The van der Waals surface area contributed by atoms with Gasteiger partial charge >= 0.3 is 0 Å². The summed E-state index contributed by atoms with van der Waals surface area (Å²) in [6.45, 7) is 0. The fourth-order valence-electron chi connectivity index (χ4n) is 2.22. The number of hydrogen-bond donors (Lipinski definition) is 1. The van der Waals surface area contributed by atoms with Gasteiger partial charge in [0.05, 0.1) is 24.7 Å². The molecule has 0 radical (unpaired) electrons. The summed E-state index contributed by atoms with van der Waals surface area (Å²) in [4.78, 5) is 18.2. The van der Waals surface area contributed by atoms with Crippen LogP contribution in [0.5, 0.6) is 5.88 Å². The first-order chi connectivity index (χ1) is 11.6. The van der Waals surface area contributed by atoms with Gasteiger partial charge in [-0.15, -0.1) is 0 Å². The normalized spacial score (nSPS) is 10.5. The standard InChI is InChI=1S/C17H15ClN4O2/c1-22(13-6-7-16(24-2)19-10-13)17(23)15-9-14(20-21-15)11-4-3-5-12(18)8-11/h3-10H,1-2H3,(H,20,21). The molecule has 1 amide bonds. The van der Waals surface area contributed by atoms with Crippen LogP contribution in [0.15, 0.2) is 48.7 Å². The number of nitrogens with zero attached hydrogens (tertiary/aromatic N) is 3. The first-order valence-electron chi connectivity index (χ1n) is 7.18. The van der Waals surface area contributed by atoms with E-state index in [9.17, 15) is 4.79 Å². The highest BCUT2D eigenvalue weighted by atomic mass is 35.5. The van der Waals surface area contributed by atoms with E-state index in [0.717, 1.165) is 5.56 Å². The Morgan fingerprint density at radius 3 is 2.75 bits per heavy atom. The van der Waals surface area contributed by atoms with Crippen LogP contribution in [0.2, 0.25) is 5.02 Å². The number of halogens is 1. The molecule has 0 saturated carbocycles. The topological polar surface area (TPSA) is 71.1 Å². The summed E-state index contributed by atoms with van der Waals surface area (Å²) in [7, 11) is 3.21. The predicted molar refractivity (Wildman–Crippen MR) is 92.6 cm³/mol. The minimum Gasteiger partial charge on any atom is -0.481 e. The molecule has 0 unspecified atom stereocenters. The number of amides is 1. The van der Waals surface area contributed by atoms with Crippen molar-refractivity contribution in [3.8, 4) is 17.1 Å². The molecule has 6 nitrogen and oxygen atoms in total. The van der Waals surface area contributed by atoms with Gasteiger partial charge in [0.15, 0.2) is 0 Å². The number of anilines is 1. The second kappa shape index (κ2) is 6.72. The minimum absolute atomic E-state index is 0.220. The van der Waals surface area contributed by atoms with Crippen LogP contribution in [0, 0.1) is 0 Å². The molecule has 0 spiro atoms. The largest absolute Gasteiger partial charge is 0.481 e. The maximum absolute atomic E-state index is 12.6. The maximum atomic E-state index is 12.6. The monoisotopic (exact) mass is 342 g/mol. The lowest BCUT2D eigenvalue weighted by molar-refractivity contribution is 0.0988. The molecule has 0 atom stereocenters. The Morgan fingerprint density at radius 1 is 1.25 bits per heavy atom. The summed E-state index contributed by atoms with van der Waals surface area (Å²) < 4.78 is 5.01. The summed E-state index contributed by atoms with van der Waals surface area (Å²) in [5, 5.41) is 7.57. The van der Waals surface area contributed by atoms with Gasteiger partial charge in [0.25, 0.3) is 5.91 Å². The molecule has 24 heavy (non-hydrogen) atoms. The highest BCUT2D eigenvalue weighted by Gasteiger charge is 2.17. The van der Waals surface area contributed by atoms with Crippen LogP contribution in [0.3, 0.4) is 0 Å². The lowest BCUT2D eigenvalue weighted by Crippen LogP contribution is -2.26. The number of aromatic nitrogens is 3. The van der Waals surface area contributed by atoms with Crippen molar-refractivity contribution in [3.05, 3.63) is 59.4 Å². The Labute approximate surface area is 144 Å². The molecule has 0 aliphatic carbocycles. The number of rotatable bonds is 4. The number of aromatic amines is 1. The molecule has 0 aliphatic heterocycles. The van der Waals surface area contributed by atoms with Crippen molar-refractivity contribution < 1.29 is 9.53 Å². The van der Waals surface area contributed by atoms with E-state index >= 15 is 0 Å². The Kier molecular flexibility index (Phi) is 4.48. The fraction of sp³-hybridized carbons (Fsp3) is 0.118. The molecule has 1 N–H and O–H groups in total. The van der Waals surface area contributed by atoms with Crippen LogP contribution in [0.25, 0.3) is 11.3 Å². The molecule has 2 aromatic heterocycles. The zero-order valence-corrected chi connectivity index (χ0v) is 13.9. The quantitative estimate of drug-likeness (QED) is 0.788. The van der Waals surface area contributed by atoms with Gasteiger partial charge in [-0.25, -0.2) is 4.98 Å². The number of carbonyl (C=O) groups excluding carboxylic acids is 1. The SMILES string of the molecule is COc1ccc(N(C)C(=O)c2cc(-c3cccc(Cl)c3)n[nH]2)cn1.